The highest BCUT2D eigenvalue weighted by molar-refractivity contribution is 6.75. The fourth-order valence-electron chi connectivity index (χ4n) is 5.49. The van der Waals surface area contributed by atoms with Crippen molar-refractivity contribution in [2.75, 3.05) is 6.61 Å². The largest absolute Gasteiger partial charge is 0.466 e. The minimum Gasteiger partial charge on any atom is -0.466 e. The van der Waals surface area contributed by atoms with E-state index in [2.05, 4.69) is 133 Å². The molecule has 0 aromatic heterocycles. The zero-order valence-electron chi connectivity index (χ0n) is 36.6. The van der Waals surface area contributed by atoms with Crippen molar-refractivity contribution in [3.8, 4) is 0 Å². The van der Waals surface area contributed by atoms with Crippen LogP contribution in [0.3, 0.4) is 0 Å². The molecule has 6 nitrogen and oxygen atoms in total. The molecule has 0 radical (unpaired) electrons. The summed E-state index contributed by atoms with van der Waals surface area (Å²) in [5, 5.41) is 0.344. The molecule has 1 fully saturated rings. The van der Waals surface area contributed by atoms with Gasteiger partial charge in [-0.2, -0.15) is 0 Å². The van der Waals surface area contributed by atoms with E-state index in [0.29, 0.717) is 13.0 Å². The van der Waals surface area contributed by atoms with Gasteiger partial charge in [-0.05, 0) is 93.4 Å². The Hall–Kier alpha value is -0.559. The van der Waals surface area contributed by atoms with Crippen molar-refractivity contribution < 1.29 is 27.5 Å². The Morgan fingerprint density at radius 1 is 0.765 bits per heavy atom. The Bertz CT molecular complexity index is 1060. The number of carbonyl (C=O) groups excluding carboxylic acids is 1. The summed E-state index contributed by atoms with van der Waals surface area (Å²) in [7, 11) is -6.11. The lowest BCUT2D eigenvalue weighted by atomic mass is 10.0. The van der Waals surface area contributed by atoms with E-state index in [0.717, 1.165) is 44.9 Å². The summed E-state index contributed by atoms with van der Waals surface area (Å²) < 4.78 is 33.5. The number of unbranched alkanes of at least 4 members (excludes halogenated alkanes) is 5. The highest BCUT2D eigenvalue weighted by Gasteiger charge is 2.48. The van der Waals surface area contributed by atoms with Gasteiger partial charge in [0, 0.05) is 12.8 Å². The monoisotopic (exact) mass is 769 g/mol. The van der Waals surface area contributed by atoms with Crippen molar-refractivity contribution in [2.45, 2.75) is 232 Å². The molecule has 5 atom stereocenters. The molecule has 1 unspecified atom stereocenters. The van der Waals surface area contributed by atoms with E-state index in [4.69, 9.17) is 22.8 Å². The van der Waals surface area contributed by atoms with Gasteiger partial charge < -0.3 is 22.8 Å². The van der Waals surface area contributed by atoms with Crippen LogP contribution >= 0.6 is 0 Å². The molecule has 0 N–H and O–H groups in total. The van der Waals surface area contributed by atoms with Crippen molar-refractivity contribution >= 4 is 30.9 Å². The van der Waals surface area contributed by atoms with E-state index in [9.17, 15) is 4.79 Å². The Morgan fingerprint density at radius 2 is 1.35 bits per heavy atom. The topological polar surface area (TPSA) is 63.2 Å². The Balaban J connectivity index is 3.34. The SMILES string of the molecule is CCCCCC(/C=C/[C@@H]1O[C@H]([C@@H](C/C=C\CCCCCC(=O)OCC)O[Si](C)(C)C(C)(C)C)C[C@@H]1O[Si](C)(C)C(C)(C)C)O[Si](C)(C)C(C)(C)C. The molecule has 0 saturated carbocycles. The van der Waals surface area contributed by atoms with Crippen LogP contribution in [0, 0.1) is 0 Å². The second kappa shape index (κ2) is 20.9. The lowest BCUT2D eigenvalue weighted by molar-refractivity contribution is -0.143. The summed E-state index contributed by atoms with van der Waals surface area (Å²) in [6.07, 6.45) is 19.7. The van der Waals surface area contributed by atoms with Gasteiger partial charge in [-0.25, -0.2) is 0 Å². The molecule has 0 bridgehead atoms. The van der Waals surface area contributed by atoms with Gasteiger partial charge in [0.15, 0.2) is 25.0 Å². The third-order valence-electron chi connectivity index (χ3n) is 12.0. The second-order valence-electron chi connectivity index (χ2n) is 19.6. The number of hydrogen-bond acceptors (Lipinski definition) is 6. The fraction of sp³-hybridized carbons (Fsp3) is 0.881. The second-order valence-corrected chi connectivity index (χ2v) is 33.9. The van der Waals surface area contributed by atoms with E-state index in [1.807, 2.05) is 6.92 Å². The van der Waals surface area contributed by atoms with Crippen LogP contribution in [0.25, 0.3) is 0 Å². The number of rotatable bonds is 22. The van der Waals surface area contributed by atoms with Crippen LogP contribution in [0.1, 0.15) is 147 Å². The van der Waals surface area contributed by atoms with Gasteiger partial charge in [0.25, 0.3) is 0 Å². The first-order valence-electron chi connectivity index (χ1n) is 20.5. The molecule has 1 rings (SSSR count). The summed E-state index contributed by atoms with van der Waals surface area (Å²) in [4.78, 5) is 11.7. The minimum absolute atomic E-state index is 0.0230. The van der Waals surface area contributed by atoms with Gasteiger partial charge in [0.05, 0.1) is 31.0 Å². The molecule has 51 heavy (non-hydrogen) atoms. The maximum Gasteiger partial charge on any atom is 0.305 e. The number of carbonyl (C=O) groups is 1. The van der Waals surface area contributed by atoms with Gasteiger partial charge in [-0.1, -0.05) is 119 Å². The molecular formula is C42H84O6Si3. The van der Waals surface area contributed by atoms with E-state index in [-0.39, 0.29) is 51.6 Å². The third-order valence-corrected chi connectivity index (χ3v) is 25.5. The number of ether oxygens (including phenoxy) is 2. The first-order valence-corrected chi connectivity index (χ1v) is 29.2. The molecule has 1 saturated heterocycles. The van der Waals surface area contributed by atoms with Crippen LogP contribution in [-0.2, 0) is 27.5 Å². The predicted octanol–water partition coefficient (Wildman–Crippen LogP) is 12.9. The first-order chi connectivity index (χ1) is 23.3. The lowest BCUT2D eigenvalue weighted by Crippen LogP contribution is -2.47. The molecule has 0 spiro atoms. The average molecular weight is 769 g/mol. The van der Waals surface area contributed by atoms with Crippen LogP contribution in [0.15, 0.2) is 24.3 Å². The molecule has 0 aromatic carbocycles. The van der Waals surface area contributed by atoms with Crippen LogP contribution in [0.2, 0.25) is 54.4 Å². The number of esters is 1. The quantitative estimate of drug-likeness (QED) is 0.0473. The van der Waals surface area contributed by atoms with Crippen molar-refractivity contribution in [3.05, 3.63) is 24.3 Å². The van der Waals surface area contributed by atoms with Gasteiger partial charge >= 0.3 is 5.97 Å². The van der Waals surface area contributed by atoms with E-state index in [1.54, 1.807) is 0 Å². The first kappa shape index (κ1) is 48.5. The Labute approximate surface area is 320 Å². The molecule has 1 aliphatic heterocycles. The normalized spacial score (nSPS) is 21.2. The molecule has 1 heterocycles. The van der Waals surface area contributed by atoms with E-state index < -0.39 is 25.0 Å². The van der Waals surface area contributed by atoms with Crippen LogP contribution in [0.4, 0.5) is 0 Å². The van der Waals surface area contributed by atoms with Crippen molar-refractivity contribution in [1.29, 1.82) is 0 Å². The van der Waals surface area contributed by atoms with Gasteiger partial charge in [0.2, 0.25) is 0 Å². The zero-order chi connectivity index (χ0) is 39.3. The van der Waals surface area contributed by atoms with Gasteiger partial charge in [-0.15, -0.1) is 0 Å². The van der Waals surface area contributed by atoms with Gasteiger partial charge in [-0.3, -0.25) is 4.79 Å². The minimum atomic E-state index is -2.08. The summed E-state index contributed by atoms with van der Waals surface area (Å²) in [6, 6.07) is 0. The van der Waals surface area contributed by atoms with Crippen LogP contribution in [-0.4, -0.2) is 68.0 Å². The van der Waals surface area contributed by atoms with E-state index >= 15 is 0 Å². The van der Waals surface area contributed by atoms with Gasteiger partial charge in [0.1, 0.15) is 6.10 Å². The Morgan fingerprint density at radius 3 is 1.90 bits per heavy atom. The summed E-state index contributed by atoms with van der Waals surface area (Å²) in [5.74, 6) is -0.0886. The smallest absolute Gasteiger partial charge is 0.305 e. The average Bonchev–Trinajstić information content (AvgIpc) is 3.36. The van der Waals surface area contributed by atoms with E-state index in [1.165, 1.54) is 19.3 Å². The molecule has 9 heteroatoms. The zero-order valence-corrected chi connectivity index (χ0v) is 39.6. The highest BCUT2D eigenvalue weighted by Crippen LogP contribution is 2.43. The molecule has 0 aliphatic carbocycles. The van der Waals surface area contributed by atoms with Crippen molar-refractivity contribution in [1.82, 2.24) is 0 Å². The Kier molecular flexibility index (Phi) is 19.9. The summed E-state index contributed by atoms with van der Waals surface area (Å²) in [5.41, 5.74) is 0. The number of allylic oxidation sites excluding steroid dienone is 1. The highest BCUT2D eigenvalue weighted by atomic mass is 28.4. The molecule has 300 valence electrons. The fourth-order valence-corrected chi connectivity index (χ4v) is 9.49. The lowest BCUT2D eigenvalue weighted by Gasteiger charge is -2.40. The maximum atomic E-state index is 11.7. The molecular weight excluding hydrogens is 685 g/mol. The predicted molar refractivity (Wildman–Crippen MR) is 226 cm³/mol. The summed E-state index contributed by atoms with van der Waals surface area (Å²) in [6.45, 7) is 39.6. The molecule has 1 aliphatic rings. The maximum absolute atomic E-state index is 11.7. The summed E-state index contributed by atoms with van der Waals surface area (Å²) >= 11 is 0. The number of hydrogen-bond donors (Lipinski definition) is 0. The molecule has 0 amide bonds. The van der Waals surface area contributed by atoms with Crippen LogP contribution < -0.4 is 0 Å². The van der Waals surface area contributed by atoms with Crippen molar-refractivity contribution in [2.24, 2.45) is 0 Å². The van der Waals surface area contributed by atoms with Crippen LogP contribution in [0.5, 0.6) is 0 Å². The standard InChI is InChI=1S/C42H84O6Si3/c1-18-20-25-28-34(46-49(12,13)40(3,4)5)31-32-35-38(48-51(16,17)42(9,10)11)33-37(45-35)36(47-50(14,15)41(6,7)8)29-26-23-21-22-24-27-30-39(43)44-19-2/h23,26,31-32,34-38H,18-22,24-25,27-30,33H2,1-17H3/b26-23-,32-31+/t34?,35-,36+,37-,38-/m0/s1. The molecule has 0 aromatic rings. The third kappa shape index (κ3) is 16.8. The van der Waals surface area contributed by atoms with Crippen molar-refractivity contribution in [3.63, 3.8) is 0 Å².